The third kappa shape index (κ3) is 4.59. The number of hydrogen-bond donors (Lipinski definition) is 0. The average Bonchev–Trinajstić information content (AvgIpc) is 2.18. The molecule has 0 aromatic rings. The van der Waals surface area contributed by atoms with Gasteiger partial charge in [-0.3, -0.25) is 4.99 Å². The van der Waals surface area contributed by atoms with E-state index in [0.29, 0.717) is 0 Å². The van der Waals surface area contributed by atoms with Gasteiger partial charge in [-0.2, -0.15) is 0 Å². The Kier molecular flexibility index (Phi) is 4.82. The maximum Gasteiger partial charge on any atom is 0.0446 e. The molecular formula is C14H19N. The molecule has 0 spiro atoms. The molecule has 1 rings (SSSR count). The normalized spacial score (nSPS) is 16.9. The molecule has 80 valence electrons. The van der Waals surface area contributed by atoms with Crippen molar-refractivity contribution in [2.45, 2.75) is 33.1 Å². The first-order chi connectivity index (χ1) is 7.22. The molecule has 0 N–H and O–H groups in total. The van der Waals surface area contributed by atoms with Gasteiger partial charge in [0, 0.05) is 17.8 Å². The quantitative estimate of drug-likeness (QED) is 0.604. The van der Waals surface area contributed by atoms with E-state index >= 15 is 0 Å². The molecule has 0 heterocycles. The van der Waals surface area contributed by atoms with Crippen LogP contribution < -0.4 is 0 Å². The third-order valence-electron chi connectivity index (χ3n) is 2.15. The third-order valence-corrected chi connectivity index (χ3v) is 2.15. The van der Waals surface area contributed by atoms with Crippen LogP contribution in [0.4, 0.5) is 0 Å². The zero-order chi connectivity index (χ0) is 11.1. The van der Waals surface area contributed by atoms with E-state index in [9.17, 15) is 0 Å². The van der Waals surface area contributed by atoms with E-state index in [1.165, 1.54) is 12.0 Å². The van der Waals surface area contributed by atoms with Crippen molar-refractivity contribution in [1.82, 2.24) is 0 Å². The molecule has 1 nitrogen and oxygen atoms in total. The summed E-state index contributed by atoms with van der Waals surface area (Å²) in [5.74, 6) is 0. The van der Waals surface area contributed by atoms with E-state index in [4.69, 9.17) is 0 Å². The zero-order valence-electron chi connectivity index (χ0n) is 9.66. The highest BCUT2D eigenvalue weighted by atomic mass is 14.7. The molecule has 0 saturated heterocycles. The van der Waals surface area contributed by atoms with Crippen LogP contribution in [-0.4, -0.2) is 5.71 Å². The number of rotatable bonds is 4. The molecule has 0 unspecified atom stereocenters. The second-order valence-corrected chi connectivity index (χ2v) is 3.77. The molecule has 0 aliphatic heterocycles. The lowest BCUT2D eigenvalue weighted by atomic mass is 10.0. The fraction of sp³-hybridized carbons (Fsp3) is 0.357. The largest absolute Gasteiger partial charge is 0.258 e. The zero-order valence-corrected chi connectivity index (χ0v) is 9.66. The number of allylic oxidation sites excluding steroid dienone is 7. The van der Waals surface area contributed by atoms with Gasteiger partial charge in [0.25, 0.3) is 0 Å². The summed E-state index contributed by atoms with van der Waals surface area (Å²) in [6.45, 7) is 7.75. The Morgan fingerprint density at radius 1 is 1.53 bits per heavy atom. The smallest absolute Gasteiger partial charge is 0.0446 e. The van der Waals surface area contributed by atoms with E-state index < -0.39 is 0 Å². The van der Waals surface area contributed by atoms with Crippen LogP contribution in [0.15, 0.2) is 53.2 Å². The van der Waals surface area contributed by atoms with Gasteiger partial charge in [0.2, 0.25) is 0 Å². The van der Waals surface area contributed by atoms with Crippen LogP contribution in [0.3, 0.4) is 0 Å². The summed E-state index contributed by atoms with van der Waals surface area (Å²) >= 11 is 0. The molecule has 0 aromatic carbocycles. The number of aliphatic imine (C=N–C) groups is 1. The van der Waals surface area contributed by atoms with Crippen LogP contribution >= 0.6 is 0 Å². The minimum atomic E-state index is 0.864. The summed E-state index contributed by atoms with van der Waals surface area (Å²) in [4.78, 5) is 4.42. The average molecular weight is 201 g/mol. The van der Waals surface area contributed by atoms with Gasteiger partial charge in [-0.05, 0) is 38.3 Å². The molecule has 1 aliphatic rings. The van der Waals surface area contributed by atoms with Gasteiger partial charge in [-0.15, -0.1) is 0 Å². The van der Waals surface area contributed by atoms with Crippen molar-refractivity contribution >= 4 is 5.71 Å². The molecule has 1 aliphatic carbocycles. The summed E-state index contributed by atoms with van der Waals surface area (Å²) in [5, 5.41) is 0. The first-order valence-electron chi connectivity index (χ1n) is 5.43. The van der Waals surface area contributed by atoms with Crippen molar-refractivity contribution in [3.8, 4) is 0 Å². The molecule has 1 heteroatoms. The fourth-order valence-electron chi connectivity index (χ4n) is 1.58. The topological polar surface area (TPSA) is 12.4 Å². The van der Waals surface area contributed by atoms with Crippen LogP contribution in [0.5, 0.6) is 0 Å². The molecule has 0 fully saturated rings. The Morgan fingerprint density at radius 2 is 2.33 bits per heavy atom. The van der Waals surface area contributed by atoms with Crippen molar-refractivity contribution in [2.24, 2.45) is 4.99 Å². The van der Waals surface area contributed by atoms with Gasteiger partial charge in [0.1, 0.15) is 0 Å². The van der Waals surface area contributed by atoms with Crippen LogP contribution in [0.1, 0.15) is 33.1 Å². The Balaban J connectivity index is 2.70. The van der Waals surface area contributed by atoms with Gasteiger partial charge in [0.05, 0.1) is 0 Å². The summed E-state index contributed by atoms with van der Waals surface area (Å²) in [6.07, 6.45) is 14.0. The monoisotopic (exact) mass is 201 g/mol. The highest BCUT2D eigenvalue weighted by molar-refractivity contribution is 5.97. The predicted octanol–water partition coefficient (Wildman–Crippen LogP) is 4.20. The lowest BCUT2D eigenvalue weighted by Crippen LogP contribution is -1.97. The van der Waals surface area contributed by atoms with Crippen molar-refractivity contribution in [2.75, 3.05) is 0 Å². The lowest BCUT2D eigenvalue weighted by molar-refractivity contribution is 1.01. The Morgan fingerprint density at radius 3 is 2.87 bits per heavy atom. The SMILES string of the molecule is C=C(C)/N=C(\C=C/C)CC1=CCCC=C1. The molecule has 0 radical (unpaired) electrons. The molecule has 0 amide bonds. The van der Waals surface area contributed by atoms with Crippen molar-refractivity contribution in [3.63, 3.8) is 0 Å². The van der Waals surface area contributed by atoms with E-state index in [2.05, 4.69) is 35.9 Å². The number of hydrogen-bond acceptors (Lipinski definition) is 1. The highest BCUT2D eigenvalue weighted by Crippen LogP contribution is 2.14. The summed E-state index contributed by atoms with van der Waals surface area (Å²) in [5.41, 5.74) is 3.31. The van der Waals surface area contributed by atoms with Crippen LogP contribution in [-0.2, 0) is 0 Å². The van der Waals surface area contributed by atoms with Crippen molar-refractivity contribution in [3.05, 3.63) is 48.2 Å². The van der Waals surface area contributed by atoms with Crippen LogP contribution in [0.25, 0.3) is 0 Å². The Hall–Kier alpha value is -1.37. The summed E-state index contributed by atoms with van der Waals surface area (Å²) in [6, 6.07) is 0. The maximum atomic E-state index is 4.42. The predicted molar refractivity (Wildman–Crippen MR) is 68.1 cm³/mol. The molecule has 15 heavy (non-hydrogen) atoms. The summed E-state index contributed by atoms with van der Waals surface area (Å²) in [7, 11) is 0. The second kappa shape index (κ2) is 6.18. The van der Waals surface area contributed by atoms with E-state index in [0.717, 1.165) is 24.3 Å². The molecule has 0 bridgehead atoms. The second-order valence-electron chi connectivity index (χ2n) is 3.77. The van der Waals surface area contributed by atoms with Gasteiger partial charge >= 0.3 is 0 Å². The summed E-state index contributed by atoms with van der Waals surface area (Å²) < 4.78 is 0. The molecule has 0 atom stereocenters. The van der Waals surface area contributed by atoms with Gasteiger partial charge in [0.15, 0.2) is 0 Å². The van der Waals surface area contributed by atoms with Crippen LogP contribution in [0, 0.1) is 0 Å². The van der Waals surface area contributed by atoms with Crippen molar-refractivity contribution in [1.29, 1.82) is 0 Å². The fourth-order valence-corrected chi connectivity index (χ4v) is 1.58. The van der Waals surface area contributed by atoms with Crippen molar-refractivity contribution < 1.29 is 0 Å². The van der Waals surface area contributed by atoms with E-state index in [1.54, 1.807) is 0 Å². The van der Waals surface area contributed by atoms with Gasteiger partial charge in [-0.1, -0.05) is 30.9 Å². The highest BCUT2D eigenvalue weighted by Gasteiger charge is 2.01. The van der Waals surface area contributed by atoms with Crippen LogP contribution in [0.2, 0.25) is 0 Å². The minimum Gasteiger partial charge on any atom is -0.258 e. The van der Waals surface area contributed by atoms with Gasteiger partial charge < -0.3 is 0 Å². The Labute approximate surface area is 92.6 Å². The first-order valence-corrected chi connectivity index (χ1v) is 5.43. The van der Waals surface area contributed by atoms with E-state index in [1.807, 2.05) is 19.9 Å². The molecular weight excluding hydrogens is 182 g/mol. The first kappa shape index (κ1) is 11.7. The minimum absolute atomic E-state index is 0.864. The lowest BCUT2D eigenvalue weighted by Gasteiger charge is -2.07. The molecule has 0 saturated carbocycles. The molecule has 0 aromatic heterocycles. The van der Waals surface area contributed by atoms with E-state index in [-0.39, 0.29) is 0 Å². The van der Waals surface area contributed by atoms with Gasteiger partial charge in [-0.25, -0.2) is 0 Å². The number of nitrogens with zero attached hydrogens (tertiary/aromatic N) is 1. The standard InChI is InChI=1S/C14H19N/c1-4-8-14(15-12(2)3)11-13-9-6-5-7-10-13/h4,6,8-10H,2,5,7,11H2,1,3H3/b8-4-,15-14+. The Bertz CT molecular complexity index is 340. The maximum absolute atomic E-state index is 4.42.